The second-order valence-electron chi connectivity index (χ2n) is 7.40. The Kier molecular flexibility index (Phi) is 6.82. The third kappa shape index (κ3) is 5.10. The average molecular weight is 436 g/mol. The van der Waals surface area contributed by atoms with Gasteiger partial charge in [0.05, 0.1) is 15.5 Å². The maximum absolute atomic E-state index is 12.3. The van der Waals surface area contributed by atoms with Crippen LogP contribution in [0.5, 0.6) is 0 Å². The van der Waals surface area contributed by atoms with E-state index in [1.165, 1.54) is 18.4 Å². The fourth-order valence-electron chi connectivity index (χ4n) is 3.41. The Hall–Kier alpha value is -2.09. The van der Waals surface area contributed by atoms with Crippen LogP contribution in [-0.4, -0.2) is 52.4 Å². The highest BCUT2D eigenvalue weighted by Crippen LogP contribution is 2.25. The summed E-state index contributed by atoms with van der Waals surface area (Å²) >= 11 is 6.08. The van der Waals surface area contributed by atoms with Gasteiger partial charge >= 0.3 is 0 Å². The highest BCUT2D eigenvalue weighted by molar-refractivity contribution is 7.89. The quantitative estimate of drug-likeness (QED) is 0.756. The number of carbonyl (C=O) groups is 1. The van der Waals surface area contributed by atoms with E-state index in [0.29, 0.717) is 27.9 Å². The summed E-state index contributed by atoms with van der Waals surface area (Å²) in [6.45, 7) is 2.36. The summed E-state index contributed by atoms with van der Waals surface area (Å²) in [5.74, 6) is 0.266. The number of nitrogens with one attached hydrogen (secondary N) is 1. The summed E-state index contributed by atoms with van der Waals surface area (Å²) in [5, 5.41) is 3.44. The Balaban J connectivity index is 1.52. The minimum atomic E-state index is -3.41. The van der Waals surface area contributed by atoms with Crippen molar-refractivity contribution in [2.75, 3.05) is 38.6 Å². The van der Waals surface area contributed by atoms with Crippen molar-refractivity contribution in [1.29, 1.82) is 0 Å². The van der Waals surface area contributed by atoms with E-state index in [2.05, 4.69) is 10.2 Å². The zero-order valence-electron chi connectivity index (χ0n) is 16.6. The molecular formula is C21H26ClN3O3S. The molecule has 1 saturated heterocycles. The molecule has 1 fully saturated rings. The van der Waals surface area contributed by atoms with Crippen molar-refractivity contribution in [2.45, 2.75) is 17.7 Å². The molecule has 1 N–H and O–H groups in total. The van der Waals surface area contributed by atoms with Gasteiger partial charge in [0, 0.05) is 39.4 Å². The summed E-state index contributed by atoms with van der Waals surface area (Å²) in [5.41, 5.74) is 1.51. The van der Waals surface area contributed by atoms with Crippen molar-refractivity contribution >= 4 is 33.2 Å². The van der Waals surface area contributed by atoms with Gasteiger partial charge in [0.1, 0.15) is 0 Å². The second kappa shape index (κ2) is 9.15. The van der Waals surface area contributed by atoms with Crippen LogP contribution in [0, 0.1) is 5.92 Å². The van der Waals surface area contributed by atoms with Gasteiger partial charge in [-0.25, -0.2) is 12.7 Å². The number of amides is 1. The van der Waals surface area contributed by atoms with Crippen LogP contribution in [0.1, 0.15) is 23.2 Å². The van der Waals surface area contributed by atoms with Gasteiger partial charge in [-0.2, -0.15) is 0 Å². The topological polar surface area (TPSA) is 69.7 Å². The van der Waals surface area contributed by atoms with E-state index in [1.807, 2.05) is 12.1 Å². The van der Waals surface area contributed by atoms with Crippen molar-refractivity contribution < 1.29 is 13.2 Å². The van der Waals surface area contributed by atoms with E-state index >= 15 is 0 Å². The number of hydrogen-bond acceptors (Lipinski definition) is 4. The third-order valence-corrected chi connectivity index (χ3v) is 7.42. The molecule has 0 atom stereocenters. The van der Waals surface area contributed by atoms with E-state index in [0.717, 1.165) is 31.6 Å². The van der Waals surface area contributed by atoms with Crippen LogP contribution >= 0.6 is 11.6 Å². The zero-order valence-corrected chi connectivity index (χ0v) is 18.2. The maximum Gasteiger partial charge on any atom is 0.252 e. The van der Waals surface area contributed by atoms with Crippen LogP contribution in [0.3, 0.4) is 0 Å². The van der Waals surface area contributed by atoms with Gasteiger partial charge in [-0.1, -0.05) is 23.7 Å². The molecule has 8 heteroatoms. The number of piperidine rings is 1. The largest absolute Gasteiger partial charge is 0.372 e. The number of anilines is 1. The molecule has 1 aliphatic rings. The molecule has 0 spiro atoms. The van der Waals surface area contributed by atoms with Gasteiger partial charge in [0.15, 0.2) is 0 Å². The lowest BCUT2D eigenvalue weighted by Gasteiger charge is -2.33. The smallest absolute Gasteiger partial charge is 0.252 e. The van der Waals surface area contributed by atoms with Gasteiger partial charge in [0.25, 0.3) is 5.91 Å². The molecule has 29 heavy (non-hydrogen) atoms. The monoisotopic (exact) mass is 435 g/mol. The Labute approximate surface area is 177 Å². The van der Waals surface area contributed by atoms with Crippen LogP contribution < -0.4 is 10.2 Å². The molecule has 156 valence electrons. The van der Waals surface area contributed by atoms with E-state index in [9.17, 15) is 13.2 Å². The fraction of sp³-hybridized carbons (Fsp3) is 0.381. The van der Waals surface area contributed by atoms with Crippen LogP contribution in [0.15, 0.2) is 53.4 Å². The number of halogens is 1. The molecule has 0 unspecified atom stereocenters. The van der Waals surface area contributed by atoms with Crippen LogP contribution in [-0.2, 0) is 10.0 Å². The zero-order chi connectivity index (χ0) is 21.0. The maximum atomic E-state index is 12.3. The first kappa shape index (κ1) is 21.6. The lowest BCUT2D eigenvalue weighted by atomic mass is 9.96. The first-order valence-corrected chi connectivity index (χ1v) is 11.4. The van der Waals surface area contributed by atoms with Gasteiger partial charge in [-0.05, 0) is 55.2 Å². The molecule has 1 amide bonds. The Morgan fingerprint density at radius 1 is 1.10 bits per heavy atom. The fourth-order valence-corrected chi connectivity index (χ4v) is 4.54. The highest BCUT2D eigenvalue weighted by atomic mass is 35.5. The number of sulfonamides is 1. The first-order valence-electron chi connectivity index (χ1n) is 9.59. The second-order valence-corrected chi connectivity index (χ2v) is 9.96. The van der Waals surface area contributed by atoms with Gasteiger partial charge < -0.3 is 10.2 Å². The number of nitrogens with zero attached hydrogens (tertiary/aromatic N) is 2. The summed E-state index contributed by atoms with van der Waals surface area (Å²) in [4.78, 5) is 14.8. The molecule has 6 nitrogen and oxygen atoms in total. The third-order valence-electron chi connectivity index (χ3n) is 5.26. The Morgan fingerprint density at radius 3 is 2.31 bits per heavy atom. The van der Waals surface area contributed by atoms with E-state index in [-0.39, 0.29) is 5.91 Å². The van der Waals surface area contributed by atoms with Gasteiger partial charge in [-0.3, -0.25) is 4.79 Å². The first-order chi connectivity index (χ1) is 13.8. The number of rotatable bonds is 6. The summed E-state index contributed by atoms with van der Waals surface area (Å²) in [7, 11) is -0.357. The van der Waals surface area contributed by atoms with Gasteiger partial charge in [0.2, 0.25) is 10.0 Å². The molecule has 0 saturated carbocycles. The van der Waals surface area contributed by atoms with Crippen LogP contribution in [0.2, 0.25) is 5.02 Å². The predicted molar refractivity (Wildman–Crippen MR) is 116 cm³/mol. The molecule has 3 rings (SSSR count). The van der Waals surface area contributed by atoms with Crippen LogP contribution in [0.25, 0.3) is 0 Å². The molecule has 2 aromatic carbocycles. The molecule has 0 radical (unpaired) electrons. The molecule has 1 aliphatic heterocycles. The SMILES string of the molecule is CN(C)S(=O)(=O)c1ccc(N2CCC(CNC(=O)c3ccccc3Cl)CC2)cc1. The van der Waals surface area contributed by atoms with Crippen LogP contribution in [0.4, 0.5) is 5.69 Å². The lowest BCUT2D eigenvalue weighted by Crippen LogP contribution is -2.38. The molecule has 0 aliphatic carbocycles. The van der Waals surface area contributed by atoms with Crippen molar-refractivity contribution in [2.24, 2.45) is 5.92 Å². The molecule has 2 aromatic rings. The Bertz CT molecular complexity index is 953. The summed E-state index contributed by atoms with van der Waals surface area (Å²) in [6, 6.07) is 14.1. The van der Waals surface area contributed by atoms with Gasteiger partial charge in [-0.15, -0.1) is 0 Å². The summed E-state index contributed by atoms with van der Waals surface area (Å²) < 4.78 is 25.6. The minimum Gasteiger partial charge on any atom is -0.372 e. The number of hydrogen-bond donors (Lipinski definition) is 1. The van der Waals surface area contributed by atoms with E-state index in [4.69, 9.17) is 11.6 Å². The van der Waals surface area contributed by atoms with Crippen molar-refractivity contribution in [3.63, 3.8) is 0 Å². The molecular weight excluding hydrogens is 410 g/mol. The van der Waals surface area contributed by atoms with Crippen molar-refractivity contribution in [1.82, 2.24) is 9.62 Å². The number of benzene rings is 2. The highest BCUT2D eigenvalue weighted by Gasteiger charge is 2.22. The summed E-state index contributed by atoms with van der Waals surface area (Å²) in [6.07, 6.45) is 1.92. The standard InChI is InChI=1S/C21H26ClN3O3S/c1-24(2)29(27,28)18-9-7-17(8-10-18)25-13-11-16(12-14-25)15-23-21(26)19-5-3-4-6-20(19)22/h3-10,16H,11-15H2,1-2H3,(H,23,26). The molecule has 1 heterocycles. The van der Waals surface area contributed by atoms with E-state index < -0.39 is 10.0 Å². The minimum absolute atomic E-state index is 0.143. The number of carbonyl (C=O) groups excluding carboxylic acids is 1. The predicted octanol–water partition coefficient (Wildman–Crippen LogP) is 3.24. The Morgan fingerprint density at radius 2 is 1.72 bits per heavy atom. The average Bonchev–Trinajstić information content (AvgIpc) is 2.72. The molecule has 0 bridgehead atoms. The lowest BCUT2D eigenvalue weighted by molar-refractivity contribution is 0.0945. The van der Waals surface area contributed by atoms with E-state index in [1.54, 1.807) is 36.4 Å². The van der Waals surface area contributed by atoms with Crippen molar-refractivity contribution in [3.05, 3.63) is 59.1 Å². The normalized spacial score (nSPS) is 15.5. The molecule has 0 aromatic heterocycles. The van der Waals surface area contributed by atoms with Crippen molar-refractivity contribution in [3.8, 4) is 0 Å².